The van der Waals surface area contributed by atoms with E-state index in [2.05, 4.69) is 15.4 Å². The first-order valence-corrected chi connectivity index (χ1v) is 7.65. The predicted molar refractivity (Wildman–Crippen MR) is 90.8 cm³/mol. The van der Waals surface area contributed by atoms with Crippen LogP contribution < -0.4 is 5.32 Å². The molecule has 0 saturated carbocycles. The van der Waals surface area contributed by atoms with Crippen molar-refractivity contribution in [1.82, 2.24) is 14.8 Å². The predicted octanol–water partition coefficient (Wildman–Crippen LogP) is 3.73. The molecule has 0 bridgehead atoms. The Kier molecular flexibility index (Phi) is 4.37. The van der Waals surface area contributed by atoms with Gasteiger partial charge in [0.15, 0.2) is 0 Å². The standard InChI is InChI=1S/C18H17FN4O/c1-3-23-18(21-12(2)24)16(13-8-10-20-11-9-13)17(22-23)14-4-6-15(19)7-5-14/h4-11H,3H2,1-2H3,(H,21,24). The first-order valence-electron chi connectivity index (χ1n) is 7.65. The SMILES string of the molecule is CCn1nc(-c2ccc(F)cc2)c(-c2ccncc2)c1NC(C)=O. The molecule has 1 aromatic carbocycles. The Labute approximate surface area is 139 Å². The van der Waals surface area contributed by atoms with Crippen LogP contribution in [-0.2, 0) is 11.3 Å². The molecular formula is C18H17FN4O. The van der Waals surface area contributed by atoms with E-state index in [0.717, 1.165) is 16.7 Å². The Morgan fingerprint density at radius 2 is 1.79 bits per heavy atom. The minimum absolute atomic E-state index is 0.175. The topological polar surface area (TPSA) is 59.8 Å². The minimum atomic E-state index is -0.304. The van der Waals surface area contributed by atoms with E-state index in [-0.39, 0.29) is 11.7 Å². The van der Waals surface area contributed by atoms with Gasteiger partial charge in [-0.15, -0.1) is 0 Å². The van der Waals surface area contributed by atoms with Crippen LogP contribution in [-0.4, -0.2) is 20.7 Å². The molecule has 3 aromatic rings. The van der Waals surface area contributed by atoms with Gasteiger partial charge in [0.05, 0.1) is 5.56 Å². The number of carbonyl (C=O) groups excluding carboxylic acids is 1. The number of rotatable bonds is 4. The van der Waals surface area contributed by atoms with Gasteiger partial charge in [0.2, 0.25) is 5.91 Å². The summed E-state index contributed by atoms with van der Waals surface area (Å²) in [4.78, 5) is 15.7. The number of nitrogens with zero attached hydrogens (tertiary/aromatic N) is 3. The quantitative estimate of drug-likeness (QED) is 0.795. The lowest BCUT2D eigenvalue weighted by atomic mass is 10.0. The molecule has 5 nitrogen and oxygen atoms in total. The van der Waals surface area contributed by atoms with Crippen LogP contribution in [0.5, 0.6) is 0 Å². The third-order valence-electron chi connectivity index (χ3n) is 3.63. The van der Waals surface area contributed by atoms with Crippen molar-refractivity contribution in [2.24, 2.45) is 0 Å². The summed E-state index contributed by atoms with van der Waals surface area (Å²) in [6.45, 7) is 4.00. The molecule has 1 amide bonds. The zero-order valence-electron chi connectivity index (χ0n) is 13.5. The third-order valence-corrected chi connectivity index (χ3v) is 3.63. The fraction of sp³-hybridized carbons (Fsp3) is 0.167. The smallest absolute Gasteiger partial charge is 0.222 e. The van der Waals surface area contributed by atoms with Gasteiger partial charge in [0, 0.05) is 31.4 Å². The molecule has 1 N–H and O–H groups in total. The summed E-state index contributed by atoms with van der Waals surface area (Å²) in [5.41, 5.74) is 3.14. The average Bonchev–Trinajstić information content (AvgIpc) is 2.94. The Balaban J connectivity index is 2.26. The maximum Gasteiger partial charge on any atom is 0.222 e. The minimum Gasteiger partial charge on any atom is -0.311 e. The molecule has 2 aromatic heterocycles. The van der Waals surface area contributed by atoms with Crippen LogP contribution in [0.25, 0.3) is 22.4 Å². The van der Waals surface area contributed by atoms with E-state index >= 15 is 0 Å². The van der Waals surface area contributed by atoms with Crippen LogP contribution in [0.3, 0.4) is 0 Å². The normalized spacial score (nSPS) is 10.6. The van der Waals surface area contributed by atoms with Crippen LogP contribution >= 0.6 is 0 Å². The van der Waals surface area contributed by atoms with Crippen molar-refractivity contribution in [2.45, 2.75) is 20.4 Å². The van der Waals surface area contributed by atoms with Gasteiger partial charge >= 0.3 is 0 Å². The number of benzene rings is 1. The van der Waals surface area contributed by atoms with E-state index in [4.69, 9.17) is 0 Å². The summed E-state index contributed by atoms with van der Waals surface area (Å²) in [6.07, 6.45) is 3.37. The molecule has 0 aliphatic rings. The monoisotopic (exact) mass is 324 g/mol. The maximum absolute atomic E-state index is 13.3. The zero-order chi connectivity index (χ0) is 17.1. The highest BCUT2D eigenvalue weighted by atomic mass is 19.1. The molecule has 6 heteroatoms. The first-order chi connectivity index (χ1) is 11.6. The zero-order valence-corrected chi connectivity index (χ0v) is 13.5. The van der Waals surface area contributed by atoms with Gasteiger partial charge < -0.3 is 5.32 Å². The summed E-state index contributed by atoms with van der Waals surface area (Å²) in [5, 5.41) is 7.48. The molecule has 0 saturated heterocycles. The van der Waals surface area contributed by atoms with Gasteiger partial charge in [-0.2, -0.15) is 5.10 Å². The number of amides is 1. The number of pyridine rings is 1. The lowest BCUT2D eigenvalue weighted by Crippen LogP contribution is -2.12. The van der Waals surface area contributed by atoms with Crippen molar-refractivity contribution < 1.29 is 9.18 Å². The lowest BCUT2D eigenvalue weighted by molar-refractivity contribution is -0.114. The van der Waals surface area contributed by atoms with Crippen molar-refractivity contribution in [3.05, 3.63) is 54.6 Å². The highest BCUT2D eigenvalue weighted by molar-refractivity contribution is 5.97. The molecule has 122 valence electrons. The first kappa shape index (κ1) is 15.9. The number of aromatic nitrogens is 3. The Morgan fingerprint density at radius 1 is 1.12 bits per heavy atom. The summed E-state index contributed by atoms with van der Waals surface area (Å²) in [6, 6.07) is 9.87. The van der Waals surface area contributed by atoms with E-state index in [9.17, 15) is 9.18 Å². The fourth-order valence-corrected chi connectivity index (χ4v) is 2.59. The lowest BCUT2D eigenvalue weighted by Gasteiger charge is -2.09. The second-order valence-corrected chi connectivity index (χ2v) is 5.31. The van der Waals surface area contributed by atoms with Crippen LogP contribution in [0.4, 0.5) is 10.2 Å². The highest BCUT2D eigenvalue weighted by Crippen LogP contribution is 2.37. The molecule has 2 heterocycles. The molecule has 0 unspecified atom stereocenters. The van der Waals surface area contributed by atoms with Crippen molar-refractivity contribution >= 4 is 11.7 Å². The van der Waals surface area contributed by atoms with E-state index in [1.165, 1.54) is 19.1 Å². The van der Waals surface area contributed by atoms with Crippen LogP contribution in [0.1, 0.15) is 13.8 Å². The fourth-order valence-electron chi connectivity index (χ4n) is 2.59. The summed E-state index contributed by atoms with van der Waals surface area (Å²) in [7, 11) is 0. The van der Waals surface area contributed by atoms with Gasteiger partial charge in [0.1, 0.15) is 17.3 Å². The van der Waals surface area contributed by atoms with Crippen molar-refractivity contribution in [3.8, 4) is 22.4 Å². The van der Waals surface area contributed by atoms with Gasteiger partial charge in [0.25, 0.3) is 0 Å². The maximum atomic E-state index is 13.3. The second-order valence-electron chi connectivity index (χ2n) is 5.31. The largest absolute Gasteiger partial charge is 0.311 e. The van der Waals surface area contributed by atoms with Gasteiger partial charge in [-0.25, -0.2) is 9.07 Å². The van der Waals surface area contributed by atoms with Crippen LogP contribution in [0.2, 0.25) is 0 Å². The summed E-state index contributed by atoms with van der Waals surface area (Å²) < 4.78 is 15.0. The molecule has 0 fully saturated rings. The highest BCUT2D eigenvalue weighted by Gasteiger charge is 2.21. The average molecular weight is 324 g/mol. The van der Waals surface area contributed by atoms with Gasteiger partial charge in [-0.05, 0) is 48.9 Å². The van der Waals surface area contributed by atoms with Crippen LogP contribution in [0.15, 0.2) is 48.8 Å². The van der Waals surface area contributed by atoms with Gasteiger partial charge in [-0.3, -0.25) is 9.78 Å². The molecule has 3 rings (SSSR count). The van der Waals surface area contributed by atoms with Crippen molar-refractivity contribution in [3.63, 3.8) is 0 Å². The van der Waals surface area contributed by atoms with Gasteiger partial charge in [-0.1, -0.05) is 0 Å². The number of hydrogen-bond donors (Lipinski definition) is 1. The molecule has 0 radical (unpaired) electrons. The summed E-state index contributed by atoms with van der Waals surface area (Å²) in [5.74, 6) is 0.141. The number of halogens is 1. The second kappa shape index (κ2) is 6.62. The Bertz CT molecular complexity index is 857. The number of nitrogens with one attached hydrogen (secondary N) is 1. The molecule has 0 spiro atoms. The molecule has 0 aliphatic carbocycles. The summed E-state index contributed by atoms with van der Waals surface area (Å²) >= 11 is 0. The molecule has 0 atom stereocenters. The number of aryl methyl sites for hydroxylation is 1. The molecular weight excluding hydrogens is 307 g/mol. The number of hydrogen-bond acceptors (Lipinski definition) is 3. The Morgan fingerprint density at radius 3 is 2.38 bits per heavy atom. The number of carbonyl (C=O) groups is 1. The van der Waals surface area contributed by atoms with E-state index < -0.39 is 0 Å². The van der Waals surface area contributed by atoms with E-state index in [1.807, 2.05) is 19.1 Å². The van der Waals surface area contributed by atoms with Crippen LogP contribution in [0, 0.1) is 5.82 Å². The third kappa shape index (κ3) is 3.03. The Hall–Kier alpha value is -3.02. The molecule has 0 aliphatic heterocycles. The molecule has 24 heavy (non-hydrogen) atoms. The van der Waals surface area contributed by atoms with Crippen molar-refractivity contribution in [2.75, 3.05) is 5.32 Å². The van der Waals surface area contributed by atoms with E-state index in [0.29, 0.717) is 18.1 Å². The number of anilines is 1. The van der Waals surface area contributed by atoms with E-state index in [1.54, 1.807) is 29.2 Å². The van der Waals surface area contributed by atoms with Crippen molar-refractivity contribution in [1.29, 1.82) is 0 Å².